The molecule has 1 amide bonds. The van der Waals surface area contributed by atoms with Crippen LogP contribution in [0, 0.1) is 0 Å². The number of aliphatic hydroxyl groups is 1. The molecular weight excluding hydrogens is 322 g/mol. The molecule has 0 spiro atoms. The molecule has 1 heterocycles. The smallest absolute Gasteiger partial charge is 0.222 e. The fourth-order valence-corrected chi connectivity index (χ4v) is 3.62. The molecule has 1 rings (SSSR count). The summed E-state index contributed by atoms with van der Waals surface area (Å²) >= 11 is 0. The van der Waals surface area contributed by atoms with E-state index in [0.29, 0.717) is 6.42 Å². The van der Waals surface area contributed by atoms with E-state index in [1.54, 1.807) is 0 Å². The fraction of sp³-hybridized carbons (Fsp3) is 0.870. The van der Waals surface area contributed by atoms with E-state index in [2.05, 4.69) is 19.1 Å². The number of piperidine rings is 1. The van der Waals surface area contributed by atoms with Crippen LogP contribution in [0.3, 0.4) is 0 Å². The summed E-state index contributed by atoms with van der Waals surface area (Å²) in [5, 5.41) is 9.48. The van der Waals surface area contributed by atoms with Gasteiger partial charge in [-0.25, -0.2) is 0 Å². The van der Waals surface area contributed by atoms with Crippen molar-refractivity contribution >= 4 is 5.91 Å². The van der Waals surface area contributed by atoms with Crippen LogP contribution < -0.4 is 0 Å². The molecule has 152 valence electrons. The summed E-state index contributed by atoms with van der Waals surface area (Å²) in [6.07, 6.45) is 23.5. The summed E-state index contributed by atoms with van der Waals surface area (Å²) in [7, 11) is 0. The number of hydrogen-bond donors (Lipinski definition) is 1. The number of hydrogen-bond acceptors (Lipinski definition) is 2. The van der Waals surface area contributed by atoms with E-state index < -0.39 is 0 Å². The number of amides is 1. The standard InChI is InChI=1S/C23H43NO2/c1-2-3-4-5-6-7-8-9-10-11-12-13-14-15-16-17-23(26)24-20-18-22(25)19-21-24/h9-10,22,25H,2-8,11-21H2,1H3. The zero-order chi connectivity index (χ0) is 18.9. The SMILES string of the molecule is CCCCCCCCC=CCCCCCCCC(=O)N1CCC(O)CC1. The second-order valence-corrected chi connectivity index (χ2v) is 7.95. The maximum Gasteiger partial charge on any atom is 0.222 e. The Bertz CT molecular complexity index is 359. The van der Waals surface area contributed by atoms with Gasteiger partial charge in [0.25, 0.3) is 0 Å². The average molecular weight is 366 g/mol. The Morgan fingerprint density at radius 1 is 0.846 bits per heavy atom. The topological polar surface area (TPSA) is 40.5 Å². The Hall–Kier alpha value is -0.830. The number of carbonyl (C=O) groups excluding carboxylic acids is 1. The molecule has 1 saturated heterocycles. The van der Waals surface area contributed by atoms with Gasteiger partial charge in [0, 0.05) is 19.5 Å². The summed E-state index contributed by atoms with van der Waals surface area (Å²) < 4.78 is 0. The summed E-state index contributed by atoms with van der Waals surface area (Å²) in [4.78, 5) is 14.0. The molecule has 0 aromatic rings. The van der Waals surface area contributed by atoms with Crippen molar-refractivity contribution in [1.29, 1.82) is 0 Å². The van der Waals surface area contributed by atoms with Gasteiger partial charge in [0.2, 0.25) is 5.91 Å². The second kappa shape index (κ2) is 16.4. The highest BCUT2D eigenvalue weighted by molar-refractivity contribution is 5.76. The molecule has 3 nitrogen and oxygen atoms in total. The average Bonchev–Trinajstić information content (AvgIpc) is 2.65. The van der Waals surface area contributed by atoms with Gasteiger partial charge in [0.15, 0.2) is 0 Å². The van der Waals surface area contributed by atoms with Crippen molar-refractivity contribution in [3.63, 3.8) is 0 Å². The van der Waals surface area contributed by atoms with E-state index in [9.17, 15) is 9.90 Å². The van der Waals surface area contributed by atoms with Gasteiger partial charge in [-0.1, -0.05) is 70.4 Å². The molecule has 1 aliphatic rings. The number of likely N-dealkylation sites (tertiary alicyclic amines) is 1. The largest absolute Gasteiger partial charge is 0.393 e. The molecule has 26 heavy (non-hydrogen) atoms. The number of carbonyl (C=O) groups is 1. The zero-order valence-electron chi connectivity index (χ0n) is 17.3. The summed E-state index contributed by atoms with van der Waals surface area (Å²) in [5.74, 6) is 0.287. The summed E-state index contributed by atoms with van der Waals surface area (Å²) in [6.45, 7) is 3.75. The highest BCUT2D eigenvalue weighted by Crippen LogP contribution is 2.14. The van der Waals surface area contributed by atoms with E-state index in [0.717, 1.165) is 32.4 Å². The third kappa shape index (κ3) is 12.5. The van der Waals surface area contributed by atoms with Gasteiger partial charge < -0.3 is 10.0 Å². The van der Waals surface area contributed by atoms with E-state index in [1.807, 2.05) is 4.90 Å². The first-order valence-corrected chi connectivity index (χ1v) is 11.3. The van der Waals surface area contributed by atoms with Gasteiger partial charge in [0.1, 0.15) is 0 Å². The zero-order valence-corrected chi connectivity index (χ0v) is 17.3. The molecule has 1 aliphatic heterocycles. The molecule has 0 aromatic heterocycles. The Morgan fingerprint density at radius 2 is 1.35 bits per heavy atom. The van der Waals surface area contributed by atoms with Crippen LogP contribution in [0.5, 0.6) is 0 Å². The third-order valence-electron chi connectivity index (χ3n) is 5.47. The van der Waals surface area contributed by atoms with Gasteiger partial charge >= 0.3 is 0 Å². The van der Waals surface area contributed by atoms with Crippen molar-refractivity contribution in [1.82, 2.24) is 4.90 Å². The molecule has 0 radical (unpaired) electrons. The third-order valence-corrected chi connectivity index (χ3v) is 5.47. The summed E-state index contributed by atoms with van der Waals surface area (Å²) in [5.41, 5.74) is 0. The lowest BCUT2D eigenvalue weighted by atomic mass is 10.1. The number of allylic oxidation sites excluding steroid dienone is 2. The van der Waals surface area contributed by atoms with Crippen molar-refractivity contribution in [3.8, 4) is 0 Å². The first-order chi connectivity index (χ1) is 12.7. The quantitative estimate of drug-likeness (QED) is 0.285. The molecular formula is C23H43NO2. The van der Waals surface area contributed by atoms with E-state index >= 15 is 0 Å². The van der Waals surface area contributed by atoms with Crippen molar-refractivity contribution in [2.24, 2.45) is 0 Å². The Balaban J connectivity index is 1.81. The van der Waals surface area contributed by atoms with E-state index in [4.69, 9.17) is 0 Å². The minimum absolute atomic E-state index is 0.195. The maximum atomic E-state index is 12.1. The van der Waals surface area contributed by atoms with Gasteiger partial charge in [0.05, 0.1) is 6.10 Å². The van der Waals surface area contributed by atoms with E-state index in [1.165, 1.54) is 77.0 Å². The Morgan fingerprint density at radius 3 is 1.92 bits per heavy atom. The Kier molecular flexibility index (Phi) is 14.6. The lowest BCUT2D eigenvalue weighted by molar-refractivity contribution is -0.133. The fourth-order valence-electron chi connectivity index (χ4n) is 3.62. The van der Waals surface area contributed by atoms with Gasteiger partial charge in [-0.05, 0) is 44.9 Å². The molecule has 0 aliphatic carbocycles. The van der Waals surface area contributed by atoms with Crippen LogP contribution in [0.15, 0.2) is 12.2 Å². The number of rotatable bonds is 15. The Labute approximate surface area is 162 Å². The van der Waals surface area contributed by atoms with Crippen molar-refractivity contribution in [2.45, 2.75) is 116 Å². The normalized spacial score (nSPS) is 15.8. The van der Waals surface area contributed by atoms with Crippen LogP contribution in [-0.2, 0) is 4.79 Å². The molecule has 0 unspecified atom stereocenters. The van der Waals surface area contributed by atoms with Crippen LogP contribution in [0.1, 0.15) is 110 Å². The molecule has 0 atom stereocenters. The highest BCUT2D eigenvalue weighted by Gasteiger charge is 2.20. The minimum atomic E-state index is -0.195. The lowest BCUT2D eigenvalue weighted by Gasteiger charge is -2.29. The van der Waals surface area contributed by atoms with Gasteiger partial charge in [-0.3, -0.25) is 4.79 Å². The van der Waals surface area contributed by atoms with Crippen molar-refractivity contribution in [2.75, 3.05) is 13.1 Å². The first-order valence-electron chi connectivity index (χ1n) is 11.3. The minimum Gasteiger partial charge on any atom is -0.393 e. The van der Waals surface area contributed by atoms with Gasteiger partial charge in [-0.2, -0.15) is 0 Å². The molecule has 0 aromatic carbocycles. The molecule has 0 bridgehead atoms. The van der Waals surface area contributed by atoms with E-state index in [-0.39, 0.29) is 12.0 Å². The van der Waals surface area contributed by atoms with Gasteiger partial charge in [-0.15, -0.1) is 0 Å². The number of aliphatic hydroxyl groups excluding tert-OH is 1. The monoisotopic (exact) mass is 365 g/mol. The molecule has 1 N–H and O–H groups in total. The predicted molar refractivity (Wildman–Crippen MR) is 111 cm³/mol. The molecule has 0 saturated carbocycles. The molecule has 3 heteroatoms. The van der Waals surface area contributed by atoms with Crippen LogP contribution in [0.4, 0.5) is 0 Å². The predicted octanol–water partition coefficient (Wildman–Crippen LogP) is 6.01. The highest BCUT2D eigenvalue weighted by atomic mass is 16.3. The number of unbranched alkanes of at least 4 members (excludes halogenated alkanes) is 11. The van der Waals surface area contributed by atoms with Crippen LogP contribution >= 0.6 is 0 Å². The van der Waals surface area contributed by atoms with Crippen LogP contribution in [-0.4, -0.2) is 35.1 Å². The van der Waals surface area contributed by atoms with Crippen LogP contribution in [0.2, 0.25) is 0 Å². The number of nitrogens with zero attached hydrogens (tertiary/aromatic N) is 1. The van der Waals surface area contributed by atoms with Crippen molar-refractivity contribution < 1.29 is 9.90 Å². The second-order valence-electron chi connectivity index (χ2n) is 7.95. The summed E-state index contributed by atoms with van der Waals surface area (Å²) in [6, 6.07) is 0. The maximum absolute atomic E-state index is 12.1. The lowest BCUT2D eigenvalue weighted by Crippen LogP contribution is -2.39. The molecule has 1 fully saturated rings. The van der Waals surface area contributed by atoms with Crippen LogP contribution in [0.25, 0.3) is 0 Å². The first kappa shape index (κ1) is 23.2. The van der Waals surface area contributed by atoms with Crippen molar-refractivity contribution in [3.05, 3.63) is 12.2 Å².